The highest BCUT2D eigenvalue weighted by Gasteiger charge is 2.26. The average molecular weight is 191 g/mol. The summed E-state index contributed by atoms with van der Waals surface area (Å²) in [4.78, 5) is 1.90. The quantitative estimate of drug-likeness (QED) is 0.602. The highest BCUT2D eigenvalue weighted by Crippen LogP contribution is 2.07. The first-order valence-corrected chi connectivity index (χ1v) is 2.78. The van der Waals surface area contributed by atoms with Crippen molar-refractivity contribution in [3.8, 4) is 0 Å². The Morgan fingerprint density at radius 1 is 1.40 bits per heavy atom. The molecule has 64 valence electrons. The maximum atomic E-state index is 12.4. The Kier molecular flexibility index (Phi) is 6.69. The zero-order valence-corrected chi connectivity index (χ0v) is 7.42. The van der Waals surface area contributed by atoms with Crippen molar-refractivity contribution in [2.75, 3.05) is 20.1 Å². The Labute approximate surface area is 72.8 Å². The maximum Gasteiger partial charge on any atom is 0.129 e. The van der Waals surface area contributed by atoms with Gasteiger partial charge in [-0.15, -0.1) is 24.8 Å². The average Bonchev–Trinajstić information content (AvgIpc) is 1.85. The number of halogens is 3. The lowest BCUT2D eigenvalue weighted by Crippen LogP contribution is -2.29. The van der Waals surface area contributed by atoms with Crippen LogP contribution in [0.1, 0.15) is 0 Å². The zero-order chi connectivity index (χ0) is 6.15. The zero-order valence-electron chi connectivity index (χ0n) is 5.79. The maximum absolute atomic E-state index is 12.4. The molecule has 0 bridgehead atoms. The first-order chi connectivity index (χ1) is 3.70. The van der Waals surface area contributed by atoms with Crippen LogP contribution in [0.15, 0.2) is 0 Å². The Balaban J connectivity index is 0. The van der Waals surface area contributed by atoms with Crippen LogP contribution in [0.4, 0.5) is 4.39 Å². The van der Waals surface area contributed by atoms with E-state index in [4.69, 9.17) is 5.73 Å². The number of nitrogens with two attached hydrogens (primary N) is 1. The van der Waals surface area contributed by atoms with E-state index in [1.807, 2.05) is 11.9 Å². The topological polar surface area (TPSA) is 29.3 Å². The van der Waals surface area contributed by atoms with E-state index in [9.17, 15) is 4.39 Å². The molecule has 2 unspecified atom stereocenters. The lowest BCUT2D eigenvalue weighted by molar-refractivity contribution is 0.309. The Morgan fingerprint density at radius 3 is 2.00 bits per heavy atom. The molecule has 1 aliphatic heterocycles. The molecule has 0 radical (unpaired) electrons. The standard InChI is InChI=1S/C5H11FN2.2ClH/c1-8-2-4(6)5(7)3-8;;/h4-5H,2-3,7H2,1H3;2*1H. The summed E-state index contributed by atoms with van der Waals surface area (Å²) < 4.78 is 12.4. The van der Waals surface area contributed by atoms with Gasteiger partial charge in [0.15, 0.2) is 0 Å². The fourth-order valence-corrected chi connectivity index (χ4v) is 0.982. The molecule has 1 fully saturated rings. The van der Waals surface area contributed by atoms with Gasteiger partial charge >= 0.3 is 0 Å². The molecule has 10 heavy (non-hydrogen) atoms. The molecule has 2 N–H and O–H groups in total. The van der Waals surface area contributed by atoms with Crippen LogP contribution in [0.3, 0.4) is 0 Å². The van der Waals surface area contributed by atoms with Crippen LogP contribution in [0.25, 0.3) is 0 Å². The van der Waals surface area contributed by atoms with Gasteiger partial charge < -0.3 is 10.6 Å². The summed E-state index contributed by atoms with van der Waals surface area (Å²) in [6.07, 6.45) is -0.806. The van der Waals surface area contributed by atoms with E-state index in [0.29, 0.717) is 13.1 Å². The van der Waals surface area contributed by atoms with Gasteiger partial charge in [-0.05, 0) is 7.05 Å². The van der Waals surface area contributed by atoms with E-state index in [0.717, 1.165) is 0 Å². The predicted octanol–water partition coefficient (Wildman–Crippen LogP) is 0.441. The lowest BCUT2D eigenvalue weighted by atomic mass is 10.3. The second-order valence-corrected chi connectivity index (χ2v) is 2.40. The van der Waals surface area contributed by atoms with E-state index < -0.39 is 6.17 Å². The normalized spacial score (nSPS) is 32.7. The predicted molar refractivity (Wildman–Crippen MR) is 44.9 cm³/mol. The molecule has 0 aromatic heterocycles. The lowest BCUT2D eigenvalue weighted by Gasteiger charge is -2.02. The number of rotatable bonds is 0. The molecule has 0 aromatic carbocycles. The first kappa shape index (κ1) is 13.1. The van der Waals surface area contributed by atoms with Gasteiger partial charge in [-0.1, -0.05) is 0 Å². The van der Waals surface area contributed by atoms with Crippen molar-refractivity contribution in [2.24, 2.45) is 5.73 Å². The van der Waals surface area contributed by atoms with Crippen LogP contribution in [0.5, 0.6) is 0 Å². The van der Waals surface area contributed by atoms with Crippen molar-refractivity contribution in [2.45, 2.75) is 12.2 Å². The van der Waals surface area contributed by atoms with E-state index in [-0.39, 0.29) is 30.9 Å². The van der Waals surface area contributed by atoms with Gasteiger partial charge in [-0.2, -0.15) is 0 Å². The van der Waals surface area contributed by atoms with Crippen molar-refractivity contribution < 1.29 is 4.39 Å². The summed E-state index contributed by atoms with van der Waals surface area (Å²) in [7, 11) is 1.87. The summed E-state index contributed by atoms with van der Waals surface area (Å²) in [6, 6.07) is -0.250. The minimum atomic E-state index is -0.806. The van der Waals surface area contributed by atoms with Crippen LogP contribution in [-0.4, -0.2) is 37.3 Å². The number of likely N-dealkylation sites (tertiary alicyclic amines) is 1. The van der Waals surface area contributed by atoms with E-state index >= 15 is 0 Å². The van der Waals surface area contributed by atoms with Crippen molar-refractivity contribution in [3.05, 3.63) is 0 Å². The highest BCUT2D eigenvalue weighted by molar-refractivity contribution is 5.85. The third kappa shape index (κ3) is 3.01. The summed E-state index contributed by atoms with van der Waals surface area (Å²) in [6.45, 7) is 1.20. The largest absolute Gasteiger partial charge is 0.324 e. The molecular weight excluding hydrogens is 178 g/mol. The van der Waals surface area contributed by atoms with Crippen molar-refractivity contribution in [1.82, 2.24) is 4.90 Å². The smallest absolute Gasteiger partial charge is 0.129 e. The summed E-state index contributed by atoms with van der Waals surface area (Å²) in [5.74, 6) is 0. The minimum absolute atomic E-state index is 0. The molecule has 0 aromatic rings. The van der Waals surface area contributed by atoms with Gasteiger partial charge in [0, 0.05) is 19.1 Å². The molecule has 2 nitrogen and oxygen atoms in total. The second-order valence-electron chi connectivity index (χ2n) is 2.40. The number of likely N-dealkylation sites (N-methyl/N-ethyl adjacent to an activating group) is 1. The molecule has 0 aliphatic carbocycles. The molecule has 0 spiro atoms. The van der Waals surface area contributed by atoms with Gasteiger partial charge in [-0.3, -0.25) is 0 Å². The van der Waals surface area contributed by atoms with Crippen molar-refractivity contribution in [3.63, 3.8) is 0 Å². The van der Waals surface area contributed by atoms with Gasteiger partial charge in [0.1, 0.15) is 6.17 Å². The Hall–Kier alpha value is 0.430. The molecule has 0 amide bonds. The minimum Gasteiger partial charge on any atom is -0.324 e. The molecule has 1 saturated heterocycles. The Morgan fingerprint density at radius 2 is 1.90 bits per heavy atom. The fourth-order valence-electron chi connectivity index (χ4n) is 0.982. The highest BCUT2D eigenvalue weighted by atomic mass is 35.5. The summed E-state index contributed by atoms with van der Waals surface area (Å²) in [5, 5.41) is 0. The third-order valence-electron chi connectivity index (χ3n) is 1.47. The van der Waals surface area contributed by atoms with Gasteiger partial charge in [0.2, 0.25) is 0 Å². The van der Waals surface area contributed by atoms with Gasteiger partial charge in [0.25, 0.3) is 0 Å². The van der Waals surface area contributed by atoms with Crippen LogP contribution < -0.4 is 5.73 Å². The van der Waals surface area contributed by atoms with Crippen LogP contribution in [0.2, 0.25) is 0 Å². The molecule has 1 heterocycles. The van der Waals surface area contributed by atoms with Gasteiger partial charge in [-0.25, -0.2) is 4.39 Å². The molecule has 0 saturated carbocycles. The SMILES string of the molecule is CN1CC(N)C(F)C1.Cl.Cl. The summed E-state index contributed by atoms with van der Waals surface area (Å²) >= 11 is 0. The van der Waals surface area contributed by atoms with Crippen LogP contribution in [-0.2, 0) is 0 Å². The molecule has 1 aliphatic rings. The van der Waals surface area contributed by atoms with E-state index in [1.54, 1.807) is 0 Å². The van der Waals surface area contributed by atoms with Gasteiger partial charge in [0.05, 0.1) is 0 Å². The number of nitrogens with zero attached hydrogens (tertiary/aromatic N) is 1. The van der Waals surface area contributed by atoms with E-state index in [2.05, 4.69) is 0 Å². The fraction of sp³-hybridized carbons (Fsp3) is 1.00. The van der Waals surface area contributed by atoms with Crippen molar-refractivity contribution >= 4 is 24.8 Å². The van der Waals surface area contributed by atoms with Crippen LogP contribution in [0, 0.1) is 0 Å². The monoisotopic (exact) mass is 190 g/mol. The molecule has 5 heteroatoms. The molecule has 2 atom stereocenters. The number of hydrogen-bond donors (Lipinski definition) is 1. The second kappa shape index (κ2) is 5.13. The number of hydrogen-bond acceptors (Lipinski definition) is 2. The molecule has 1 rings (SSSR count). The van der Waals surface area contributed by atoms with Crippen LogP contribution >= 0.6 is 24.8 Å². The first-order valence-electron chi connectivity index (χ1n) is 2.78. The van der Waals surface area contributed by atoms with Crippen molar-refractivity contribution in [1.29, 1.82) is 0 Å². The molecular formula is C5H13Cl2FN2. The summed E-state index contributed by atoms with van der Waals surface area (Å²) in [5.41, 5.74) is 5.35. The van der Waals surface area contributed by atoms with E-state index in [1.165, 1.54) is 0 Å². The number of alkyl halides is 1. The Bertz CT molecular complexity index is 83.7. The third-order valence-corrected chi connectivity index (χ3v) is 1.47.